The summed E-state index contributed by atoms with van der Waals surface area (Å²) in [5.41, 5.74) is 0. The van der Waals surface area contributed by atoms with Crippen LogP contribution in [0.3, 0.4) is 0 Å². The third-order valence-electron chi connectivity index (χ3n) is 3.00. The lowest BCUT2D eigenvalue weighted by Gasteiger charge is -2.32. The monoisotopic (exact) mass is 227 g/mol. The van der Waals surface area contributed by atoms with Crippen molar-refractivity contribution in [3.8, 4) is 0 Å². The van der Waals surface area contributed by atoms with E-state index in [0.717, 1.165) is 19.5 Å². The summed E-state index contributed by atoms with van der Waals surface area (Å²) in [6.45, 7) is 10.7. The molecule has 0 unspecified atom stereocenters. The second kappa shape index (κ2) is 6.24. The highest BCUT2D eigenvalue weighted by Crippen LogP contribution is 2.16. The highest BCUT2D eigenvalue weighted by molar-refractivity contribution is 5.80. The Morgan fingerprint density at radius 1 is 1.44 bits per heavy atom. The van der Waals surface area contributed by atoms with Crippen molar-refractivity contribution in [2.75, 3.05) is 19.7 Å². The molecule has 0 spiro atoms. The van der Waals surface area contributed by atoms with Gasteiger partial charge in [-0.1, -0.05) is 20.8 Å². The fourth-order valence-corrected chi connectivity index (χ4v) is 2.05. The normalized spacial score (nSPS) is 23.6. The van der Waals surface area contributed by atoms with E-state index in [-0.39, 0.29) is 12.0 Å². The Hall–Kier alpha value is -0.570. The largest absolute Gasteiger partial charge is 0.368 e. The number of amides is 1. The molecule has 0 bridgehead atoms. The number of likely N-dealkylation sites (tertiary alicyclic amines) is 1. The average molecular weight is 227 g/mol. The highest BCUT2D eigenvalue weighted by atomic mass is 16.5. The first-order valence-corrected chi connectivity index (χ1v) is 6.41. The smallest absolute Gasteiger partial charge is 0.251 e. The number of nitrogens with zero attached hydrogens (tertiary/aromatic N) is 1. The van der Waals surface area contributed by atoms with Gasteiger partial charge < -0.3 is 9.64 Å². The van der Waals surface area contributed by atoms with Crippen LogP contribution < -0.4 is 0 Å². The first-order chi connectivity index (χ1) is 7.50. The molecule has 3 heteroatoms. The zero-order valence-corrected chi connectivity index (χ0v) is 11.0. The van der Waals surface area contributed by atoms with Gasteiger partial charge in [0.15, 0.2) is 0 Å². The summed E-state index contributed by atoms with van der Waals surface area (Å²) in [4.78, 5) is 14.0. The quantitative estimate of drug-likeness (QED) is 0.737. The molecule has 1 saturated heterocycles. The number of carbonyl (C=O) groups excluding carboxylic acids is 1. The molecule has 1 aliphatic heterocycles. The molecular formula is C13H25NO2. The summed E-state index contributed by atoms with van der Waals surface area (Å²) in [7, 11) is 0. The lowest BCUT2D eigenvalue weighted by atomic mass is 10.00. The Bertz CT molecular complexity index is 228. The molecule has 3 nitrogen and oxygen atoms in total. The molecule has 0 saturated carbocycles. The molecule has 2 atom stereocenters. The molecular weight excluding hydrogens is 202 g/mol. The van der Waals surface area contributed by atoms with Crippen LogP contribution in [0.4, 0.5) is 0 Å². The molecule has 1 heterocycles. The molecule has 0 aromatic carbocycles. The maximum Gasteiger partial charge on any atom is 0.251 e. The minimum absolute atomic E-state index is 0.159. The number of ether oxygens (including phenoxy) is 1. The zero-order valence-electron chi connectivity index (χ0n) is 11.0. The van der Waals surface area contributed by atoms with Gasteiger partial charge in [0.2, 0.25) is 0 Å². The Labute approximate surface area is 99.1 Å². The van der Waals surface area contributed by atoms with Crippen LogP contribution in [0.5, 0.6) is 0 Å². The van der Waals surface area contributed by atoms with Crippen molar-refractivity contribution in [2.45, 2.75) is 46.6 Å². The fraction of sp³-hybridized carbons (Fsp3) is 0.923. The van der Waals surface area contributed by atoms with Crippen molar-refractivity contribution in [1.82, 2.24) is 4.90 Å². The highest BCUT2D eigenvalue weighted by Gasteiger charge is 2.25. The van der Waals surface area contributed by atoms with E-state index in [1.807, 2.05) is 11.8 Å². The topological polar surface area (TPSA) is 29.5 Å². The van der Waals surface area contributed by atoms with Crippen molar-refractivity contribution in [2.24, 2.45) is 11.8 Å². The van der Waals surface area contributed by atoms with Gasteiger partial charge in [-0.3, -0.25) is 4.79 Å². The number of rotatable bonds is 4. The first-order valence-electron chi connectivity index (χ1n) is 6.41. The van der Waals surface area contributed by atoms with Crippen LogP contribution >= 0.6 is 0 Å². The lowest BCUT2D eigenvalue weighted by Crippen LogP contribution is -2.44. The Balaban J connectivity index is 2.37. The van der Waals surface area contributed by atoms with Crippen molar-refractivity contribution in [1.29, 1.82) is 0 Å². The summed E-state index contributed by atoms with van der Waals surface area (Å²) in [6, 6.07) is 0. The van der Waals surface area contributed by atoms with Crippen molar-refractivity contribution >= 4 is 5.91 Å². The van der Waals surface area contributed by atoms with Gasteiger partial charge in [-0.15, -0.1) is 0 Å². The molecule has 0 aromatic heterocycles. The minimum Gasteiger partial charge on any atom is -0.368 e. The third-order valence-corrected chi connectivity index (χ3v) is 3.00. The van der Waals surface area contributed by atoms with E-state index in [1.54, 1.807) is 0 Å². The average Bonchev–Trinajstić information content (AvgIpc) is 2.24. The molecule has 1 amide bonds. The molecule has 94 valence electrons. The second-order valence-corrected chi connectivity index (χ2v) is 5.40. The van der Waals surface area contributed by atoms with Crippen LogP contribution in [0.25, 0.3) is 0 Å². The van der Waals surface area contributed by atoms with Gasteiger partial charge in [0.1, 0.15) is 6.10 Å². The van der Waals surface area contributed by atoms with Gasteiger partial charge in [0, 0.05) is 19.7 Å². The van der Waals surface area contributed by atoms with Gasteiger partial charge >= 0.3 is 0 Å². The third kappa shape index (κ3) is 4.12. The number of carbonyl (C=O) groups is 1. The van der Waals surface area contributed by atoms with E-state index in [1.165, 1.54) is 6.42 Å². The van der Waals surface area contributed by atoms with Crippen LogP contribution in [0.1, 0.15) is 40.5 Å². The van der Waals surface area contributed by atoms with Gasteiger partial charge in [-0.2, -0.15) is 0 Å². The molecule has 16 heavy (non-hydrogen) atoms. The van der Waals surface area contributed by atoms with Crippen LogP contribution in [-0.4, -0.2) is 36.6 Å². The van der Waals surface area contributed by atoms with Gasteiger partial charge in [0.05, 0.1) is 0 Å². The summed E-state index contributed by atoms with van der Waals surface area (Å²) >= 11 is 0. The van der Waals surface area contributed by atoms with E-state index in [4.69, 9.17) is 4.74 Å². The van der Waals surface area contributed by atoms with Gasteiger partial charge in [-0.25, -0.2) is 0 Å². The summed E-state index contributed by atoms with van der Waals surface area (Å²) in [5, 5.41) is 0. The van der Waals surface area contributed by atoms with E-state index in [2.05, 4.69) is 20.8 Å². The Morgan fingerprint density at radius 3 is 2.69 bits per heavy atom. The molecule has 0 radical (unpaired) electrons. The molecule has 0 aromatic rings. The maximum absolute atomic E-state index is 12.1. The molecule has 0 N–H and O–H groups in total. The second-order valence-electron chi connectivity index (χ2n) is 5.40. The van der Waals surface area contributed by atoms with Crippen LogP contribution in [0.2, 0.25) is 0 Å². The van der Waals surface area contributed by atoms with Crippen LogP contribution in [0, 0.1) is 11.8 Å². The molecule has 0 aliphatic carbocycles. The molecule has 1 aliphatic rings. The minimum atomic E-state index is -0.285. The number of hydrogen-bond donors (Lipinski definition) is 0. The SMILES string of the molecule is CC(C)CO[C@H](C)C(=O)N1CCC[C@H](C)C1. The predicted octanol–water partition coefficient (Wildman–Crippen LogP) is 2.31. The summed E-state index contributed by atoms with van der Waals surface area (Å²) in [5.74, 6) is 1.28. The van der Waals surface area contributed by atoms with Gasteiger partial charge in [0.25, 0.3) is 5.91 Å². The van der Waals surface area contributed by atoms with E-state index in [0.29, 0.717) is 18.4 Å². The number of piperidine rings is 1. The molecule has 1 rings (SSSR count). The van der Waals surface area contributed by atoms with E-state index in [9.17, 15) is 4.79 Å². The van der Waals surface area contributed by atoms with Crippen molar-refractivity contribution in [3.63, 3.8) is 0 Å². The van der Waals surface area contributed by atoms with Crippen molar-refractivity contribution in [3.05, 3.63) is 0 Å². The summed E-state index contributed by atoms with van der Waals surface area (Å²) in [6.07, 6.45) is 2.09. The van der Waals surface area contributed by atoms with Crippen LogP contribution in [-0.2, 0) is 9.53 Å². The zero-order chi connectivity index (χ0) is 12.1. The first kappa shape index (κ1) is 13.5. The van der Waals surface area contributed by atoms with E-state index < -0.39 is 0 Å². The number of hydrogen-bond acceptors (Lipinski definition) is 2. The van der Waals surface area contributed by atoms with E-state index >= 15 is 0 Å². The maximum atomic E-state index is 12.1. The lowest BCUT2D eigenvalue weighted by molar-refractivity contribution is -0.145. The fourth-order valence-electron chi connectivity index (χ4n) is 2.05. The Kier molecular flexibility index (Phi) is 5.26. The summed E-state index contributed by atoms with van der Waals surface area (Å²) < 4.78 is 5.56. The Morgan fingerprint density at radius 2 is 2.12 bits per heavy atom. The predicted molar refractivity (Wildman–Crippen MR) is 65.2 cm³/mol. The molecule has 1 fully saturated rings. The van der Waals surface area contributed by atoms with Gasteiger partial charge in [-0.05, 0) is 31.6 Å². The van der Waals surface area contributed by atoms with Crippen molar-refractivity contribution < 1.29 is 9.53 Å². The van der Waals surface area contributed by atoms with Crippen LogP contribution in [0.15, 0.2) is 0 Å². The standard InChI is InChI=1S/C13H25NO2/c1-10(2)9-16-12(4)13(15)14-7-5-6-11(3)8-14/h10-12H,5-9H2,1-4H3/t11-,12+/m0/s1.